The van der Waals surface area contributed by atoms with Crippen LogP contribution in [0.25, 0.3) is 11.2 Å². The van der Waals surface area contributed by atoms with E-state index >= 15 is 0 Å². The number of aryl methyl sites for hydroxylation is 1. The number of ether oxygens (including phenoxy) is 1. The van der Waals surface area contributed by atoms with Crippen LogP contribution >= 0.6 is 40.2 Å². The lowest BCUT2D eigenvalue weighted by atomic mass is 10.2. The second-order valence-corrected chi connectivity index (χ2v) is 10.6. The van der Waals surface area contributed by atoms with Crippen molar-refractivity contribution in [1.29, 1.82) is 0 Å². The third kappa shape index (κ3) is 8.57. The van der Waals surface area contributed by atoms with Crippen LogP contribution in [-0.2, 0) is 9.53 Å². The van der Waals surface area contributed by atoms with Crippen molar-refractivity contribution in [3.8, 4) is 0 Å². The van der Waals surface area contributed by atoms with E-state index in [0.29, 0.717) is 12.2 Å². The molecule has 2 N–H and O–H groups in total. The Kier molecular flexibility index (Phi) is 14.1. The predicted octanol–water partition coefficient (Wildman–Crippen LogP) is 8.19. The van der Waals surface area contributed by atoms with E-state index in [1.54, 1.807) is 11.8 Å². The van der Waals surface area contributed by atoms with Gasteiger partial charge in [0.2, 0.25) is 5.91 Å². The standard InChI is InChI=1S/C18H19IN5OPS.C4H8O.2C2H6/c1-10-20-16-13(21-12-5-3-4-6-14(12)27-2)9-15(22-17(16)24(10)26-19)23-18(25)11-7-8-11;1-2-4-5-3-1;2*1-2/h3-6,9,11,26H,7-8H2,1-2H3,(H2,21,22,23,25);1-4H2;2*1-2H3. The topological polar surface area (TPSA) is 81.1 Å². The molecule has 0 spiro atoms. The number of fused-ring (bicyclic) bond motifs is 1. The number of imidazole rings is 1. The Hall–Kier alpha value is -1.42. The van der Waals surface area contributed by atoms with Gasteiger partial charge in [-0.2, -0.15) is 0 Å². The van der Waals surface area contributed by atoms with Gasteiger partial charge >= 0.3 is 0 Å². The van der Waals surface area contributed by atoms with E-state index in [9.17, 15) is 4.79 Å². The number of carbonyl (C=O) groups is 1. The predicted molar refractivity (Wildman–Crippen MR) is 166 cm³/mol. The summed E-state index contributed by atoms with van der Waals surface area (Å²) in [5.74, 6) is 1.67. The molecule has 0 bridgehead atoms. The Morgan fingerprint density at radius 2 is 1.78 bits per heavy atom. The van der Waals surface area contributed by atoms with Crippen LogP contribution in [0.2, 0.25) is 0 Å². The molecule has 1 atom stereocenters. The number of hydrogen-bond acceptors (Lipinski definition) is 6. The molecule has 36 heavy (non-hydrogen) atoms. The molecule has 2 aliphatic rings. The molecule has 7 nitrogen and oxygen atoms in total. The van der Waals surface area contributed by atoms with Gasteiger partial charge in [0, 0.05) is 30.1 Å². The molecule has 198 valence electrons. The van der Waals surface area contributed by atoms with Crippen LogP contribution < -0.4 is 10.6 Å². The molecule has 10 heteroatoms. The smallest absolute Gasteiger partial charge is 0.228 e. The zero-order valence-electron chi connectivity index (χ0n) is 22.2. The number of halogens is 1. The van der Waals surface area contributed by atoms with Gasteiger partial charge in [-0.25, -0.2) is 9.97 Å². The van der Waals surface area contributed by atoms with Gasteiger partial charge in [0.25, 0.3) is 0 Å². The van der Waals surface area contributed by atoms with E-state index in [0.717, 1.165) is 59.3 Å². The van der Waals surface area contributed by atoms with Gasteiger partial charge in [0.1, 0.15) is 17.2 Å². The third-order valence-electron chi connectivity index (χ3n) is 5.27. The van der Waals surface area contributed by atoms with Gasteiger partial charge in [0.05, 0.1) is 17.7 Å². The van der Waals surface area contributed by atoms with Crippen LogP contribution in [0.4, 0.5) is 17.2 Å². The molecule has 1 saturated carbocycles. The molecule has 1 unspecified atom stereocenters. The number of pyridine rings is 1. The highest BCUT2D eigenvalue weighted by molar-refractivity contribution is 14.2. The van der Waals surface area contributed by atoms with E-state index < -0.39 is 0 Å². The minimum absolute atomic E-state index is 0.0528. The average Bonchev–Trinajstić information content (AvgIpc) is 3.47. The van der Waals surface area contributed by atoms with E-state index in [-0.39, 0.29) is 11.8 Å². The van der Waals surface area contributed by atoms with Gasteiger partial charge in [-0.05, 0) is 73.0 Å². The lowest BCUT2D eigenvalue weighted by molar-refractivity contribution is -0.117. The lowest BCUT2D eigenvalue weighted by Gasteiger charge is -2.13. The number of rotatable bonds is 6. The van der Waals surface area contributed by atoms with Crippen molar-refractivity contribution in [3.63, 3.8) is 0 Å². The molecule has 1 aromatic carbocycles. The maximum absolute atomic E-state index is 12.2. The van der Waals surface area contributed by atoms with Crippen molar-refractivity contribution >= 4 is 74.4 Å². The van der Waals surface area contributed by atoms with Crippen LogP contribution in [0.1, 0.15) is 59.2 Å². The summed E-state index contributed by atoms with van der Waals surface area (Å²) >= 11 is 4.01. The normalized spacial score (nSPS) is 14.3. The molecule has 1 aliphatic heterocycles. The quantitative estimate of drug-likeness (QED) is 0.160. The first-order chi connectivity index (χ1) is 17.6. The molecule has 1 saturated heterocycles. The highest BCUT2D eigenvalue weighted by Gasteiger charge is 2.30. The monoisotopic (exact) mass is 643 g/mol. The molecule has 2 aromatic heterocycles. The van der Waals surface area contributed by atoms with E-state index in [4.69, 9.17) is 9.72 Å². The van der Waals surface area contributed by atoms with Gasteiger partial charge in [0.15, 0.2) is 5.65 Å². The minimum Gasteiger partial charge on any atom is -0.381 e. The van der Waals surface area contributed by atoms with Crippen molar-refractivity contribution in [2.45, 2.75) is 65.2 Å². The molecular formula is C26H39IN5O2PS. The molecule has 3 heterocycles. The van der Waals surface area contributed by atoms with Crippen molar-refractivity contribution in [2.75, 3.05) is 30.1 Å². The van der Waals surface area contributed by atoms with Crippen molar-refractivity contribution in [1.82, 2.24) is 14.3 Å². The summed E-state index contributed by atoms with van der Waals surface area (Å²) in [5, 5.41) is 6.48. The maximum atomic E-state index is 12.2. The van der Waals surface area contributed by atoms with Crippen LogP contribution in [0.5, 0.6) is 0 Å². The Bertz CT molecular complexity index is 1100. The summed E-state index contributed by atoms with van der Waals surface area (Å²) in [7, 11) is 0. The number of amides is 1. The summed E-state index contributed by atoms with van der Waals surface area (Å²) in [5.41, 5.74) is 3.47. The molecule has 1 aliphatic carbocycles. The highest BCUT2D eigenvalue weighted by atomic mass is 127. The molecule has 2 fully saturated rings. The van der Waals surface area contributed by atoms with Crippen LogP contribution in [0, 0.1) is 12.8 Å². The summed E-state index contributed by atoms with van der Waals surface area (Å²) in [6.07, 6.45) is 7.03. The Morgan fingerprint density at radius 1 is 1.11 bits per heavy atom. The molecule has 3 aromatic rings. The second kappa shape index (κ2) is 16.4. The number of thioether (sulfide) groups is 1. The SMILES string of the molecule is C1CCOC1.CC.CC.CSc1ccccc1Nc1cc(NC(=O)C2CC2)nc2c1nc(C)n2PI. The van der Waals surface area contributed by atoms with Crippen LogP contribution in [-0.4, -0.2) is 39.7 Å². The Labute approximate surface area is 234 Å². The number of nitrogens with zero attached hydrogens (tertiary/aromatic N) is 3. The fourth-order valence-electron chi connectivity index (χ4n) is 3.39. The number of anilines is 3. The number of hydrogen-bond donors (Lipinski definition) is 2. The summed E-state index contributed by atoms with van der Waals surface area (Å²) in [4.78, 5) is 22.8. The second-order valence-electron chi connectivity index (χ2n) is 7.71. The van der Waals surface area contributed by atoms with Crippen LogP contribution in [0.3, 0.4) is 0 Å². The summed E-state index contributed by atoms with van der Waals surface area (Å²) in [6, 6.07) is 10.0. The summed E-state index contributed by atoms with van der Waals surface area (Å²) < 4.78 is 7.02. The first kappa shape index (κ1) is 30.8. The zero-order chi connectivity index (χ0) is 26.5. The van der Waals surface area contributed by atoms with Gasteiger partial charge in [-0.3, -0.25) is 9.13 Å². The first-order valence-corrected chi connectivity index (χ1v) is 17.9. The average molecular weight is 644 g/mol. The van der Waals surface area contributed by atoms with E-state index in [1.807, 2.05) is 58.9 Å². The van der Waals surface area contributed by atoms with Gasteiger partial charge < -0.3 is 15.4 Å². The largest absolute Gasteiger partial charge is 0.381 e. The van der Waals surface area contributed by atoms with Crippen LogP contribution in [0.15, 0.2) is 35.2 Å². The van der Waals surface area contributed by atoms with Gasteiger partial charge in [-0.15, -0.1) is 11.8 Å². The molecule has 5 rings (SSSR count). The number of nitrogens with one attached hydrogen (secondary N) is 2. The van der Waals surface area contributed by atoms with E-state index in [1.165, 1.54) is 12.8 Å². The van der Waals surface area contributed by atoms with Crippen molar-refractivity contribution < 1.29 is 9.53 Å². The first-order valence-electron chi connectivity index (χ1n) is 12.7. The number of carbonyl (C=O) groups excluding carboxylic acids is 1. The number of aromatic nitrogens is 3. The minimum atomic E-state index is 0.0528. The Morgan fingerprint density at radius 3 is 2.33 bits per heavy atom. The number of para-hydroxylation sites is 1. The fraction of sp³-hybridized carbons (Fsp3) is 0.500. The number of benzene rings is 1. The fourth-order valence-corrected chi connectivity index (χ4v) is 6.09. The van der Waals surface area contributed by atoms with Crippen molar-refractivity contribution in [3.05, 3.63) is 36.2 Å². The summed E-state index contributed by atoms with van der Waals surface area (Å²) in [6.45, 7) is 12.0. The lowest BCUT2D eigenvalue weighted by Crippen LogP contribution is -2.14. The van der Waals surface area contributed by atoms with E-state index in [2.05, 4.69) is 54.3 Å². The molecule has 0 radical (unpaired) electrons. The molecular weight excluding hydrogens is 604 g/mol. The Balaban J connectivity index is 0.000000438. The third-order valence-corrected chi connectivity index (χ3v) is 8.22. The molecule has 1 amide bonds. The van der Waals surface area contributed by atoms with Crippen molar-refractivity contribution in [2.24, 2.45) is 5.92 Å². The maximum Gasteiger partial charge on any atom is 0.228 e. The van der Waals surface area contributed by atoms with Gasteiger partial charge in [-0.1, -0.05) is 39.8 Å². The highest BCUT2D eigenvalue weighted by Crippen LogP contribution is 2.37. The zero-order valence-corrected chi connectivity index (χ0v) is 26.1.